The molecule has 0 fully saturated rings. The molecule has 4 heterocycles. The van der Waals surface area contributed by atoms with Crippen molar-refractivity contribution in [1.29, 1.82) is 16.2 Å². The lowest BCUT2D eigenvalue weighted by atomic mass is 9.88. The number of amides is 1. The minimum absolute atomic E-state index is 0.00398. The van der Waals surface area contributed by atoms with Gasteiger partial charge in [-0.15, -0.1) is 0 Å². The fourth-order valence-electron chi connectivity index (χ4n) is 3.38. The molecule has 0 aliphatic carbocycles. The van der Waals surface area contributed by atoms with Gasteiger partial charge in [-0.1, -0.05) is 0 Å². The van der Waals surface area contributed by atoms with E-state index in [-0.39, 0.29) is 39.5 Å². The molecule has 1 amide bonds. The third kappa shape index (κ3) is 4.15. The largest absolute Gasteiger partial charge is 0.366 e. The van der Waals surface area contributed by atoms with E-state index in [2.05, 4.69) is 19.9 Å². The Bertz CT molecular complexity index is 1370. The van der Waals surface area contributed by atoms with Crippen molar-refractivity contribution in [1.82, 2.24) is 19.9 Å². The molecule has 9 nitrogen and oxygen atoms in total. The van der Waals surface area contributed by atoms with Crippen LogP contribution in [0.15, 0.2) is 79.8 Å². The molecule has 5 N–H and O–H groups in total. The maximum absolute atomic E-state index is 12.7. The second-order valence-corrected chi connectivity index (χ2v) is 6.97. The first-order valence-electron chi connectivity index (χ1n) is 9.79. The number of hydrogen-bond acceptors (Lipinski definition) is 8. The number of rotatable bonds is 7. The number of aromatic nitrogens is 4. The minimum atomic E-state index is -0.830. The highest BCUT2D eigenvalue weighted by Gasteiger charge is 2.27. The number of nitrogens with two attached hydrogens (primary N) is 1. The highest BCUT2D eigenvalue weighted by Crippen LogP contribution is 2.25. The number of nitrogens with zero attached hydrogens (tertiary/aromatic N) is 4. The van der Waals surface area contributed by atoms with Gasteiger partial charge < -0.3 is 5.73 Å². The summed E-state index contributed by atoms with van der Waals surface area (Å²) in [4.78, 5) is 29.1. The molecule has 4 aromatic heterocycles. The Hall–Kier alpha value is -4.92. The summed E-state index contributed by atoms with van der Waals surface area (Å²) >= 11 is 0. The highest BCUT2D eigenvalue weighted by molar-refractivity contribution is 6.27. The zero-order valence-corrected chi connectivity index (χ0v) is 17.3. The lowest BCUT2D eigenvalue weighted by Crippen LogP contribution is -2.26. The van der Waals surface area contributed by atoms with Gasteiger partial charge >= 0.3 is 0 Å². The summed E-state index contributed by atoms with van der Waals surface area (Å²) in [7, 11) is 0. The molecule has 33 heavy (non-hydrogen) atoms. The molecule has 0 radical (unpaired) electrons. The lowest BCUT2D eigenvalue weighted by Gasteiger charge is -2.18. The molecule has 0 aromatic carbocycles. The highest BCUT2D eigenvalue weighted by atomic mass is 16.1. The van der Waals surface area contributed by atoms with E-state index in [4.69, 9.17) is 22.0 Å². The predicted molar refractivity (Wildman–Crippen MR) is 123 cm³/mol. The summed E-state index contributed by atoms with van der Waals surface area (Å²) in [5, 5.41) is 26.3. The molecule has 4 aromatic rings. The van der Waals surface area contributed by atoms with Crippen molar-refractivity contribution in [2.75, 3.05) is 0 Å². The maximum atomic E-state index is 12.7. The van der Waals surface area contributed by atoms with Crippen LogP contribution in [0.2, 0.25) is 0 Å². The Morgan fingerprint density at radius 3 is 1.52 bits per heavy atom. The van der Waals surface area contributed by atoms with E-state index in [1.165, 1.54) is 31.0 Å². The summed E-state index contributed by atoms with van der Waals surface area (Å²) < 4.78 is 0. The predicted octanol–water partition coefficient (Wildman–Crippen LogP) is 2.61. The van der Waals surface area contributed by atoms with Crippen molar-refractivity contribution < 1.29 is 4.79 Å². The third-order valence-electron chi connectivity index (χ3n) is 4.99. The van der Waals surface area contributed by atoms with Crippen molar-refractivity contribution in [3.63, 3.8) is 0 Å². The van der Waals surface area contributed by atoms with Crippen molar-refractivity contribution in [2.45, 2.75) is 0 Å². The van der Waals surface area contributed by atoms with Crippen molar-refractivity contribution in [2.24, 2.45) is 5.73 Å². The molecule has 0 atom stereocenters. The first-order valence-corrected chi connectivity index (χ1v) is 9.79. The molecule has 9 heteroatoms. The van der Waals surface area contributed by atoms with E-state index in [0.29, 0.717) is 16.7 Å². The number of nitrogens with one attached hydrogen (secondary N) is 3. The summed E-state index contributed by atoms with van der Waals surface area (Å²) in [5.74, 6) is -0.830. The maximum Gasteiger partial charge on any atom is 0.250 e. The van der Waals surface area contributed by atoms with Gasteiger partial charge in [0.1, 0.15) is 0 Å². The van der Waals surface area contributed by atoms with Gasteiger partial charge in [0.25, 0.3) is 0 Å². The monoisotopic (exact) mass is 434 g/mol. The average molecular weight is 434 g/mol. The van der Waals surface area contributed by atoms with Crippen LogP contribution in [0.4, 0.5) is 0 Å². The van der Waals surface area contributed by atoms with E-state index >= 15 is 0 Å². The standard InChI is InChI=1S/C24H18N8O/c25-20(14-1-7-29-8-2-14)17-13-32-23(22(27)16-5-11-31-12-6-16)19(18(17)24(28)33)21(26)15-3-9-30-10-4-15/h1-13,25-27H,(H2,28,33). The molecule has 0 spiro atoms. The molecule has 0 aliphatic rings. The Kier molecular flexibility index (Phi) is 5.85. The van der Waals surface area contributed by atoms with E-state index in [1.54, 1.807) is 48.8 Å². The van der Waals surface area contributed by atoms with Crippen molar-refractivity contribution >= 4 is 23.0 Å². The van der Waals surface area contributed by atoms with Crippen molar-refractivity contribution in [3.05, 3.63) is 119 Å². The van der Waals surface area contributed by atoms with Crippen LogP contribution in [0.5, 0.6) is 0 Å². The average Bonchev–Trinajstić information content (AvgIpc) is 2.88. The van der Waals surface area contributed by atoms with Crippen LogP contribution in [0.25, 0.3) is 0 Å². The van der Waals surface area contributed by atoms with Gasteiger partial charge in [0.2, 0.25) is 5.91 Å². The minimum Gasteiger partial charge on any atom is -0.366 e. The topological polar surface area (TPSA) is 166 Å². The van der Waals surface area contributed by atoms with Gasteiger partial charge in [-0.25, -0.2) is 0 Å². The molecular weight excluding hydrogens is 416 g/mol. The number of carbonyl (C=O) groups excluding carboxylic acids is 1. The lowest BCUT2D eigenvalue weighted by molar-refractivity contribution is 0.1000. The van der Waals surface area contributed by atoms with E-state index in [1.807, 2.05) is 0 Å². The smallest absolute Gasteiger partial charge is 0.250 e. The Morgan fingerprint density at radius 1 is 0.636 bits per heavy atom. The summed E-state index contributed by atoms with van der Waals surface area (Å²) in [5.41, 5.74) is 7.49. The van der Waals surface area contributed by atoms with Gasteiger partial charge in [0.05, 0.1) is 28.4 Å². The summed E-state index contributed by atoms with van der Waals surface area (Å²) in [6, 6.07) is 9.78. The molecule has 0 unspecified atom stereocenters. The number of hydrogen-bond donors (Lipinski definition) is 4. The number of pyridine rings is 4. The SMILES string of the molecule is N=C(c1ccncc1)c1cnc(C(=N)c2ccncc2)c(C(=N)c2ccncc2)c1C(N)=O. The summed E-state index contributed by atoms with van der Waals surface area (Å²) in [6.45, 7) is 0. The second-order valence-electron chi connectivity index (χ2n) is 6.97. The Balaban J connectivity index is 1.99. The van der Waals surface area contributed by atoms with Crippen LogP contribution in [0, 0.1) is 16.2 Å². The quantitative estimate of drug-likeness (QED) is 0.328. The van der Waals surface area contributed by atoms with Crippen LogP contribution in [0.3, 0.4) is 0 Å². The van der Waals surface area contributed by atoms with Gasteiger partial charge in [0, 0.05) is 71.2 Å². The zero-order valence-electron chi connectivity index (χ0n) is 17.3. The van der Waals surface area contributed by atoms with E-state index in [9.17, 15) is 4.79 Å². The molecule has 4 rings (SSSR count). The van der Waals surface area contributed by atoms with Gasteiger partial charge in [-0.2, -0.15) is 0 Å². The first-order chi connectivity index (χ1) is 16.0. The first kappa shape index (κ1) is 21.3. The van der Waals surface area contributed by atoms with Gasteiger partial charge in [0.15, 0.2) is 0 Å². The van der Waals surface area contributed by atoms with Crippen LogP contribution >= 0.6 is 0 Å². The number of primary amides is 1. The molecule has 0 saturated carbocycles. The normalized spacial score (nSPS) is 10.4. The van der Waals surface area contributed by atoms with Crippen LogP contribution < -0.4 is 5.73 Å². The van der Waals surface area contributed by atoms with Gasteiger partial charge in [-0.05, 0) is 36.4 Å². The van der Waals surface area contributed by atoms with Crippen molar-refractivity contribution in [3.8, 4) is 0 Å². The van der Waals surface area contributed by atoms with Gasteiger partial charge in [-0.3, -0.25) is 41.0 Å². The molecule has 0 aliphatic heterocycles. The molecule has 0 saturated heterocycles. The van der Waals surface area contributed by atoms with Crippen LogP contribution in [-0.2, 0) is 0 Å². The molecular formula is C24H18N8O. The number of carbonyl (C=O) groups is 1. The third-order valence-corrected chi connectivity index (χ3v) is 4.99. The van der Waals surface area contributed by atoms with E-state index in [0.717, 1.165) is 0 Å². The zero-order chi connectivity index (χ0) is 23.4. The summed E-state index contributed by atoms with van der Waals surface area (Å²) in [6.07, 6.45) is 10.6. The molecule has 160 valence electrons. The fraction of sp³-hybridized carbons (Fsp3) is 0. The Labute approximate surface area is 188 Å². The molecule has 0 bridgehead atoms. The Morgan fingerprint density at radius 2 is 1.06 bits per heavy atom. The fourth-order valence-corrected chi connectivity index (χ4v) is 3.38. The van der Waals surface area contributed by atoms with Crippen LogP contribution in [0.1, 0.15) is 43.9 Å². The second kappa shape index (κ2) is 9.06. The van der Waals surface area contributed by atoms with Crippen LogP contribution in [-0.4, -0.2) is 43.0 Å². The van der Waals surface area contributed by atoms with E-state index < -0.39 is 5.91 Å².